The Morgan fingerprint density at radius 2 is 1.94 bits per heavy atom. The van der Waals surface area contributed by atoms with E-state index in [0.717, 1.165) is 35.2 Å². The third-order valence-electron chi connectivity index (χ3n) is 2.33. The third kappa shape index (κ3) is 2.21. The molecular formula is C11H10N4S3. The van der Waals surface area contributed by atoms with E-state index in [1.165, 1.54) is 0 Å². The molecule has 2 heterocycles. The van der Waals surface area contributed by atoms with Gasteiger partial charge in [0.1, 0.15) is 5.01 Å². The minimum absolute atomic E-state index is 0.768. The second-order valence-corrected chi connectivity index (χ2v) is 7.49. The lowest BCUT2D eigenvalue weighted by molar-refractivity contribution is 0.984. The lowest BCUT2D eigenvalue weighted by Crippen LogP contribution is -1.88. The van der Waals surface area contributed by atoms with Crippen molar-refractivity contribution < 1.29 is 0 Å². The number of nitrogens with zero attached hydrogens (tertiary/aromatic N) is 3. The molecule has 2 aromatic heterocycles. The second kappa shape index (κ2) is 4.49. The van der Waals surface area contributed by atoms with E-state index in [1.54, 1.807) is 34.4 Å². The Balaban J connectivity index is 2.02. The van der Waals surface area contributed by atoms with E-state index in [-0.39, 0.29) is 0 Å². The van der Waals surface area contributed by atoms with Gasteiger partial charge in [0.15, 0.2) is 4.34 Å². The lowest BCUT2D eigenvalue weighted by atomic mass is 10.3. The maximum absolute atomic E-state index is 6.07. The first kappa shape index (κ1) is 11.9. The molecule has 0 radical (unpaired) electrons. The summed E-state index contributed by atoms with van der Waals surface area (Å²) < 4.78 is 2.04. The predicted octanol–water partition coefficient (Wildman–Crippen LogP) is 3.50. The Kier molecular flexibility index (Phi) is 2.96. The summed E-state index contributed by atoms with van der Waals surface area (Å²) in [5.41, 5.74) is 7.83. The molecule has 0 amide bonds. The lowest BCUT2D eigenvalue weighted by Gasteiger charge is -2.02. The summed E-state index contributed by atoms with van der Waals surface area (Å²) in [6.45, 7) is 3.94. The molecule has 0 aliphatic heterocycles. The zero-order valence-electron chi connectivity index (χ0n) is 9.80. The van der Waals surface area contributed by atoms with E-state index >= 15 is 0 Å². The summed E-state index contributed by atoms with van der Waals surface area (Å²) in [4.78, 5) is 5.47. The molecule has 0 aliphatic rings. The second-order valence-electron chi connectivity index (χ2n) is 3.78. The molecule has 0 bridgehead atoms. The van der Waals surface area contributed by atoms with E-state index in [1.807, 2.05) is 26.0 Å². The molecule has 0 fully saturated rings. The minimum atomic E-state index is 0.768. The highest BCUT2D eigenvalue weighted by molar-refractivity contribution is 8.01. The number of hydrogen-bond acceptors (Lipinski definition) is 7. The van der Waals surface area contributed by atoms with Gasteiger partial charge in [-0.2, -0.15) is 0 Å². The van der Waals surface area contributed by atoms with Gasteiger partial charge in [0.2, 0.25) is 0 Å². The van der Waals surface area contributed by atoms with Crippen LogP contribution >= 0.6 is 34.4 Å². The monoisotopic (exact) mass is 294 g/mol. The summed E-state index contributed by atoms with van der Waals surface area (Å²) in [5.74, 6) is 0. The highest BCUT2D eigenvalue weighted by Crippen LogP contribution is 2.37. The van der Waals surface area contributed by atoms with Crippen LogP contribution in [0.1, 0.15) is 10.0 Å². The number of aryl methyl sites for hydroxylation is 2. The molecular weight excluding hydrogens is 284 g/mol. The quantitative estimate of drug-likeness (QED) is 0.733. The van der Waals surface area contributed by atoms with Crippen LogP contribution in [-0.2, 0) is 0 Å². The van der Waals surface area contributed by atoms with E-state index in [4.69, 9.17) is 5.73 Å². The first-order valence-electron chi connectivity index (χ1n) is 5.26. The molecule has 4 nitrogen and oxygen atoms in total. The van der Waals surface area contributed by atoms with Crippen molar-refractivity contribution in [3.8, 4) is 0 Å². The van der Waals surface area contributed by atoms with Crippen molar-refractivity contribution in [3.63, 3.8) is 0 Å². The highest BCUT2D eigenvalue weighted by Gasteiger charge is 2.10. The topological polar surface area (TPSA) is 64.7 Å². The number of nitrogen functional groups attached to an aromatic ring is 1. The minimum Gasteiger partial charge on any atom is -0.398 e. The fourth-order valence-electron chi connectivity index (χ4n) is 1.59. The van der Waals surface area contributed by atoms with E-state index in [2.05, 4.69) is 15.2 Å². The fraction of sp³-hybridized carbons (Fsp3) is 0.182. The van der Waals surface area contributed by atoms with E-state index < -0.39 is 0 Å². The highest BCUT2D eigenvalue weighted by atomic mass is 32.2. The van der Waals surface area contributed by atoms with Crippen molar-refractivity contribution in [1.29, 1.82) is 0 Å². The molecule has 18 heavy (non-hydrogen) atoms. The number of benzene rings is 1. The molecule has 7 heteroatoms. The van der Waals surface area contributed by atoms with Gasteiger partial charge in [-0.1, -0.05) is 23.1 Å². The number of anilines is 1. The van der Waals surface area contributed by atoms with Crippen molar-refractivity contribution in [3.05, 3.63) is 22.1 Å². The maximum Gasteiger partial charge on any atom is 0.179 e. The molecule has 3 aromatic rings. The van der Waals surface area contributed by atoms with Gasteiger partial charge in [-0.15, -0.1) is 21.5 Å². The Morgan fingerprint density at radius 1 is 1.11 bits per heavy atom. The number of aromatic nitrogens is 3. The number of nitrogens with two attached hydrogens (primary N) is 1. The average molecular weight is 294 g/mol. The van der Waals surface area contributed by atoms with Crippen LogP contribution in [0.15, 0.2) is 21.4 Å². The molecule has 3 rings (SSSR count). The Hall–Kier alpha value is -1.18. The number of hydrogen-bond donors (Lipinski definition) is 1. The van der Waals surface area contributed by atoms with Crippen molar-refractivity contribution in [2.45, 2.75) is 23.1 Å². The van der Waals surface area contributed by atoms with Crippen LogP contribution in [-0.4, -0.2) is 15.2 Å². The third-order valence-corrected chi connectivity index (χ3v) is 5.23. The first-order chi connectivity index (χ1) is 8.61. The van der Waals surface area contributed by atoms with Crippen molar-refractivity contribution in [2.75, 3.05) is 5.73 Å². The summed E-state index contributed by atoms with van der Waals surface area (Å²) >= 11 is 4.77. The summed E-state index contributed by atoms with van der Waals surface area (Å²) in [6.07, 6.45) is 0. The predicted molar refractivity (Wildman–Crippen MR) is 77.5 cm³/mol. The van der Waals surface area contributed by atoms with Crippen molar-refractivity contribution >= 4 is 50.3 Å². The van der Waals surface area contributed by atoms with Gasteiger partial charge in [-0.25, -0.2) is 4.98 Å². The van der Waals surface area contributed by atoms with Crippen LogP contribution in [0.4, 0.5) is 5.69 Å². The van der Waals surface area contributed by atoms with Gasteiger partial charge in [0.25, 0.3) is 0 Å². The van der Waals surface area contributed by atoms with Gasteiger partial charge in [-0.3, -0.25) is 0 Å². The standard InChI is InChI=1S/C11H10N4S3/c1-5-13-8-4-9(7(12)3-10(8)16-5)18-11-15-14-6(2)17-11/h3-4H,12H2,1-2H3. The maximum atomic E-state index is 6.07. The van der Waals surface area contributed by atoms with Crippen LogP contribution in [0, 0.1) is 13.8 Å². The molecule has 0 aliphatic carbocycles. The molecule has 0 unspecified atom stereocenters. The van der Waals surface area contributed by atoms with Crippen LogP contribution in [0.5, 0.6) is 0 Å². The van der Waals surface area contributed by atoms with Crippen molar-refractivity contribution in [2.24, 2.45) is 0 Å². The van der Waals surface area contributed by atoms with Gasteiger partial charge in [0.05, 0.1) is 15.2 Å². The van der Waals surface area contributed by atoms with E-state index in [0.29, 0.717) is 0 Å². The smallest absolute Gasteiger partial charge is 0.179 e. The Bertz CT molecular complexity index is 716. The average Bonchev–Trinajstić information content (AvgIpc) is 2.85. The van der Waals surface area contributed by atoms with Gasteiger partial charge < -0.3 is 5.73 Å². The summed E-state index contributed by atoms with van der Waals surface area (Å²) in [6, 6.07) is 4.01. The van der Waals surface area contributed by atoms with Crippen LogP contribution in [0.25, 0.3) is 10.2 Å². The largest absolute Gasteiger partial charge is 0.398 e. The van der Waals surface area contributed by atoms with Crippen LogP contribution < -0.4 is 5.73 Å². The molecule has 92 valence electrons. The SMILES string of the molecule is Cc1nnc(Sc2cc3nc(C)sc3cc2N)s1. The number of rotatable bonds is 2. The van der Waals surface area contributed by atoms with E-state index in [9.17, 15) is 0 Å². The summed E-state index contributed by atoms with van der Waals surface area (Å²) in [5, 5.41) is 10.1. The van der Waals surface area contributed by atoms with Crippen LogP contribution in [0.3, 0.4) is 0 Å². The number of fused-ring (bicyclic) bond motifs is 1. The van der Waals surface area contributed by atoms with Crippen molar-refractivity contribution in [1.82, 2.24) is 15.2 Å². The Labute approximate surface area is 116 Å². The molecule has 0 saturated carbocycles. The number of thiazole rings is 1. The zero-order valence-corrected chi connectivity index (χ0v) is 12.2. The van der Waals surface area contributed by atoms with Gasteiger partial charge >= 0.3 is 0 Å². The van der Waals surface area contributed by atoms with Gasteiger partial charge in [-0.05, 0) is 26.0 Å². The molecule has 1 aromatic carbocycles. The fourth-order valence-corrected chi connectivity index (χ4v) is 4.28. The van der Waals surface area contributed by atoms with Crippen LogP contribution in [0.2, 0.25) is 0 Å². The summed E-state index contributed by atoms with van der Waals surface area (Å²) in [7, 11) is 0. The molecule has 0 saturated heterocycles. The molecule has 0 atom stereocenters. The first-order valence-corrected chi connectivity index (χ1v) is 7.71. The zero-order chi connectivity index (χ0) is 12.7. The van der Waals surface area contributed by atoms with Gasteiger partial charge in [0, 0.05) is 10.6 Å². The molecule has 0 spiro atoms. The Morgan fingerprint density at radius 3 is 2.67 bits per heavy atom. The normalized spacial score (nSPS) is 11.2. The molecule has 2 N–H and O–H groups in total.